The van der Waals surface area contributed by atoms with Crippen molar-refractivity contribution in [2.75, 3.05) is 31.5 Å². The molecule has 1 aromatic heterocycles. The highest BCUT2D eigenvalue weighted by atomic mass is 35.5. The summed E-state index contributed by atoms with van der Waals surface area (Å²) in [6.07, 6.45) is 2.31. The molecule has 1 saturated heterocycles. The molecule has 2 heterocycles. The predicted octanol–water partition coefficient (Wildman–Crippen LogP) is 3.14. The van der Waals surface area contributed by atoms with Crippen LogP contribution in [0.4, 0.5) is 5.95 Å². The van der Waals surface area contributed by atoms with Crippen molar-refractivity contribution in [3.05, 3.63) is 65.3 Å². The van der Waals surface area contributed by atoms with E-state index in [1.165, 1.54) is 0 Å². The van der Waals surface area contributed by atoms with Gasteiger partial charge in [0, 0.05) is 44.0 Å². The monoisotopic (exact) mass is 487 g/mol. The van der Waals surface area contributed by atoms with Crippen molar-refractivity contribution >= 4 is 27.6 Å². The zero-order valence-corrected chi connectivity index (χ0v) is 19.8. The van der Waals surface area contributed by atoms with Gasteiger partial charge >= 0.3 is 0 Å². The van der Waals surface area contributed by atoms with Gasteiger partial charge in [-0.1, -0.05) is 29.8 Å². The zero-order chi connectivity index (χ0) is 23.4. The summed E-state index contributed by atoms with van der Waals surface area (Å²) < 4.78 is 27.9. The van der Waals surface area contributed by atoms with Crippen LogP contribution in [0.5, 0.6) is 5.75 Å². The second-order valence-electron chi connectivity index (χ2n) is 7.92. The molecule has 0 spiro atoms. The normalized spacial score (nSPS) is 17.1. The number of rotatable bonds is 7. The number of hydrogen-bond donors (Lipinski definition) is 3. The lowest BCUT2D eigenvalue weighted by Crippen LogP contribution is -2.52. The molecule has 3 aromatic rings. The van der Waals surface area contributed by atoms with Crippen molar-refractivity contribution in [3.8, 4) is 17.0 Å². The Hall–Kier alpha value is -2.72. The fourth-order valence-corrected chi connectivity index (χ4v) is 5.64. The number of sulfonamides is 1. The first-order chi connectivity index (χ1) is 15.8. The fourth-order valence-electron chi connectivity index (χ4n) is 3.76. The van der Waals surface area contributed by atoms with E-state index in [1.54, 1.807) is 46.9 Å². The molecule has 1 fully saturated rings. The highest BCUT2D eigenvalue weighted by Crippen LogP contribution is 2.26. The summed E-state index contributed by atoms with van der Waals surface area (Å²) in [4.78, 5) is 9.07. The van der Waals surface area contributed by atoms with Crippen LogP contribution in [0.15, 0.2) is 59.6 Å². The number of nitrogens with zero attached hydrogens (tertiary/aromatic N) is 3. The molecule has 0 unspecified atom stereocenters. The highest BCUT2D eigenvalue weighted by Gasteiger charge is 2.31. The quantitative estimate of drug-likeness (QED) is 0.470. The van der Waals surface area contributed by atoms with Gasteiger partial charge in [0.15, 0.2) is 0 Å². The van der Waals surface area contributed by atoms with Gasteiger partial charge in [0.2, 0.25) is 16.0 Å². The number of hydrogen-bond acceptors (Lipinski definition) is 7. The second-order valence-corrected chi connectivity index (χ2v) is 10.2. The van der Waals surface area contributed by atoms with E-state index >= 15 is 0 Å². The topological polar surface area (TPSA) is 107 Å². The third-order valence-corrected chi connectivity index (χ3v) is 7.85. The zero-order valence-electron chi connectivity index (χ0n) is 18.2. The van der Waals surface area contributed by atoms with Crippen LogP contribution in [0.3, 0.4) is 0 Å². The molecule has 0 aliphatic carbocycles. The number of anilines is 1. The Balaban J connectivity index is 1.48. The van der Waals surface area contributed by atoms with Gasteiger partial charge in [-0.3, -0.25) is 0 Å². The molecule has 2 aromatic carbocycles. The minimum atomic E-state index is -3.60. The number of phenols is 1. The van der Waals surface area contributed by atoms with Crippen LogP contribution in [0, 0.1) is 0 Å². The lowest BCUT2D eigenvalue weighted by Gasteiger charge is -2.32. The second kappa shape index (κ2) is 10.0. The van der Waals surface area contributed by atoms with Crippen LogP contribution in [0.2, 0.25) is 5.02 Å². The maximum atomic E-state index is 13.2. The Morgan fingerprint density at radius 1 is 1.24 bits per heavy atom. The Morgan fingerprint density at radius 2 is 2.09 bits per heavy atom. The lowest BCUT2D eigenvalue weighted by molar-refractivity contribution is 0.284. The lowest BCUT2D eigenvalue weighted by atomic mass is 10.1. The Bertz CT molecular complexity index is 1240. The first-order valence-corrected chi connectivity index (χ1v) is 12.5. The summed E-state index contributed by atoms with van der Waals surface area (Å²) in [6.45, 7) is 4.19. The maximum Gasteiger partial charge on any atom is 0.243 e. The van der Waals surface area contributed by atoms with Gasteiger partial charge in [-0.15, -0.1) is 0 Å². The van der Waals surface area contributed by atoms with Crippen molar-refractivity contribution in [2.24, 2.45) is 0 Å². The first kappa shape index (κ1) is 23.4. The Labute approximate surface area is 198 Å². The molecule has 0 radical (unpaired) electrons. The van der Waals surface area contributed by atoms with E-state index in [-0.39, 0.29) is 16.7 Å². The summed E-state index contributed by atoms with van der Waals surface area (Å²) in [5, 5.41) is 16.2. The Morgan fingerprint density at radius 3 is 2.88 bits per heavy atom. The number of phenolic OH excluding ortho intramolecular Hbond substituents is 1. The predicted molar refractivity (Wildman–Crippen MR) is 129 cm³/mol. The standard InChI is InChI=1S/C23H26ClN5O3S/c1-16-15-25-11-12-29(16)33(31,32)19-4-2-3-18(14-19)21-8-10-27-23(28-21)26-9-7-17-5-6-22(30)20(24)13-17/h2-6,8,10,13-14,16,25,30H,7,9,11-12,15H2,1H3,(H,26,27,28)/t16-/m0/s1. The first-order valence-electron chi connectivity index (χ1n) is 10.7. The molecule has 0 bridgehead atoms. The number of aromatic nitrogens is 2. The van der Waals surface area contributed by atoms with Crippen LogP contribution in [0.25, 0.3) is 11.3 Å². The molecule has 174 valence electrons. The third kappa shape index (κ3) is 5.44. The number of halogens is 1. The van der Waals surface area contributed by atoms with Crippen LogP contribution in [0.1, 0.15) is 12.5 Å². The molecular weight excluding hydrogens is 462 g/mol. The largest absolute Gasteiger partial charge is 0.506 e. The van der Waals surface area contributed by atoms with E-state index in [2.05, 4.69) is 20.6 Å². The molecule has 3 N–H and O–H groups in total. The summed E-state index contributed by atoms with van der Waals surface area (Å²) in [7, 11) is -3.60. The van der Waals surface area contributed by atoms with Crippen molar-refractivity contribution in [3.63, 3.8) is 0 Å². The van der Waals surface area contributed by atoms with Gasteiger partial charge in [0.05, 0.1) is 15.6 Å². The van der Waals surface area contributed by atoms with Crippen LogP contribution >= 0.6 is 11.6 Å². The fraction of sp³-hybridized carbons (Fsp3) is 0.304. The Kier molecular flexibility index (Phi) is 7.14. The molecule has 0 saturated carbocycles. The van der Waals surface area contributed by atoms with E-state index in [4.69, 9.17) is 11.6 Å². The van der Waals surface area contributed by atoms with Crippen molar-refractivity contribution < 1.29 is 13.5 Å². The maximum absolute atomic E-state index is 13.2. The number of piperazine rings is 1. The molecule has 1 atom stereocenters. The molecule has 4 rings (SSSR count). The minimum Gasteiger partial charge on any atom is -0.506 e. The smallest absolute Gasteiger partial charge is 0.243 e. The summed E-state index contributed by atoms with van der Waals surface area (Å²) in [6, 6.07) is 13.6. The number of nitrogens with one attached hydrogen (secondary N) is 2. The van der Waals surface area contributed by atoms with Crippen molar-refractivity contribution in [2.45, 2.75) is 24.3 Å². The molecular formula is C23H26ClN5O3S. The van der Waals surface area contributed by atoms with E-state index in [1.807, 2.05) is 19.1 Å². The molecule has 1 aliphatic heterocycles. The SMILES string of the molecule is C[C@H]1CNCCN1S(=O)(=O)c1cccc(-c2ccnc(NCCc3ccc(O)c(Cl)c3)n2)c1. The molecule has 8 nitrogen and oxygen atoms in total. The summed E-state index contributed by atoms with van der Waals surface area (Å²) in [5.41, 5.74) is 2.31. The van der Waals surface area contributed by atoms with E-state index in [0.29, 0.717) is 54.8 Å². The molecule has 1 aliphatic rings. The van der Waals surface area contributed by atoms with E-state index in [9.17, 15) is 13.5 Å². The van der Waals surface area contributed by atoms with E-state index in [0.717, 1.165) is 5.56 Å². The van der Waals surface area contributed by atoms with Crippen LogP contribution < -0.4 is 10.6 Å². The van der Waals surface area contributed by atoms with Gasteiger partial charge in [0.1, 0.15) is 5.75 Å². The highest BCUT2D eigenvalue weighted by molar-refractivity contribution is 7.89. The average Bonchev–Trinajstić information content (AvgIpc) is 2.82. The van der Waals surface area contributed by atoms with Crippen LogP contribution in [-0.2, 0) is 16.4 Å². The molecule has 0 amide bonds. The van der Waals surface area contributed by atoms with Gasteiger partial charge in [0.25, 0.3) is 0 Å². The van der Waals surface area contributed by atoms with Gasteiger partial charge < -0.3 is 15.7 Å². The van der Waals surface area contributed by atoms with E-state index < -0.39 is 10.0 Å². The van der Waals surface area contributed by atoms with Crippen LogP contribution in [-0.4, -0.2) is 60.0 Å². The number of aromatic hydroxyl groups is 1. The summed E-state index contributed by atoms with van der Waals surface area (Å²) in [5.74, 6) is 0.501. The van der Waals surface area contributed by atoms with Gasteiger partial charge in [-0.25, -0.2) is 18.4 Å². The molecule has 10 heteroatoms. The third-order valence-electron chi connectivity index (χ3n) is 5.54. The number of benzene rings is 2. The summed E-state index contributed by atoms with van der Waals surface area (Å²) >= 11 is 5.96. The van der Waals surface area contributed by atoms with Gasteiger partial charge in [-0.05, 0) is 49.2 Å². The van der Waals surface area contributed by atoms with Gasteiger partial charge in [-0.2, -0.15) is 4.31 Å². The van der Waals surface area contributed by atoms with Crippen molar-refractivity contribution in [1.82, 2.24) is 19.6 Å². The average molecular weight is 488 g/mol. The minimum absolute atomic E-state index is 0.0556. The molecule has 33 heavy (non-hydrogen) atoms. The van der Waals surface area contributed by atoms with Crippen molar-refractivity contribution in [1.29, 1.82) is 0 Å².